The monoisotopic (exact) mass is 286 g/mol. The predicted molar refractivity (Wildman–Crippen MR) is 79.0 cm³/mol. The van der Waals surface area contributed by atoms with Gasteiger partial charge in [-0.15, -0.1) is 0 Å². The van der Waals surface area contributed by atoms with Crippen LogP contribution in [0.3, 0.4) is 0 Å². The molecule has 0 aromatic carbocycles. The van der Waals surface area contributed by atoms with Crippen molar-refractivity contribution in [2.45, 2.75) is 79.4 Å². The molecule has 0 saturated carbocycles. The average Bonchev–Trinajstić information content (AvgIpc) is 2.24. The third kappa shape index (κ3) is 8.18. The number of esters is 2. The van der Waals surface area contributed by atoms with Crippen LogP contribution in [0.25, 0.3) is 0 Å². The van der Waals surface area contributed by atoms with Crippen molar-refractivity contribution in [3.05, 3.63) is 0 Å². The fourth-order valence-corrected chi connectivity index (χ4v) is 2.16. The van der Waals surface area contributed by atoms with E-state index in [1.54, 1.807) is 0 Å². The molecule has 0 bridgehead atoms. The van der Waals surface area contributed by atoms with Crippen LogP contribution in [-0.2, 0) is 19.1 Å². The quantitative estimate of drug-likeness (QED) is 0.473. The first-order chi connectivity index (χ1) is 9.20. The minimum Gasteiger partial charge on any atom is -0.423 e. The Bertz CT molecular complexity index is 310. The normalized spacial score (nSPS) is 14.2. The molecule has 1 atom stereocenters. The molecule has 0 spiro atoms. The van der Waals surface area contributed by atoms with E-state index in [1.165, 1.54) is 6.92 Å². The van der Waals surface area contributed by atoms with Gasteiger partial charge in [0.2, 0.25) is 0 Å². The summed E-state index contributed by atoms with van der Waals surface area (Å²) in [6, 6.07) is 0. The Morgan fingerprint density at radius 1 is 1.05 bits per heavy atom. The zero-order valence-corrected chi connectivity index (χ0v) is 13.8. The zero-order chi connectivity index (χ0) is 15.8. The van der Waals surface area contributed by atoms with E-state index in [-0.39, 0.29) is 11.9 Å². The smallest absolute Gasteiger partial charge is 0.309 e. The minimum atomic E-state index is -1.10. The van der Waals surface area contributed by atoms with Gasteiger partial charge in [-0.25, -0.2) is 0 Å². The number of hydrogen-bond donors (Lipinski definition) is 0. The van der Waals surface area contributed by atoms with Crippen LogP contribution in [0, 0.1) is 11.8 Å². The van der Waals surface area contributed by atoms with E-state index >= 15 is 0 Å². The highest BCUT2D eigenvalue weighted by Crippen LogP contribution is 2.31. The van der Waals surface area contributed by atoms with Crippen LogP contribution < -0.4 is 0 Å². The van der Waals surface area contributed by atoms with Crippen molar-refractivity contribution < 1.29 is 19.1 Å². The van der Waals surface area contributed by atoms with Crippen molar-refractivity contribution in [2.24, 2.45) is 11.8 Å². The molecule has 0 aromatic rings. The van der Waals surface area contributed by atoms with Crippen molar-refractivity contribution in [1.29, 1.82) is 0 Å². The maximum atomic E-state index is 11.9. The lowest BCUT2D eigenvalue weighted by molar-refractivity contribution is -0.236. The fourth-order valence-electron chi connectivity index (χ4n) is 2.16. The van der Waals surface area contributed by atoms with E-state index < -0.39 is 11.8 Å². The number of ether oxygens (including phenoxy) is 2. The van der Waals surface area contributed by atoms with Crippen molar-refractivity contribution in [3.8, 4) is 0 Å². The van der Waals surface area contributed by atoms with E-state index in [1.807, 2.05) is 20.8 Å². The molecule has 4 heteroatoms. The Morgan fingerprint density at radius 2 is 1.65 bits per heavy atom. The highest BCUT2D eigenvalue weighted by atomic mass is 16.7. The molecule has 0 aromatic heterocycles. The molecule has 0 rings (SSSR count). The SMILES string of the molecule is CCCC(=O)OC(CCC(C)C)(CC(C)C)OC(C)=O. The highest BCUT2D eigenvalue weighted by molar-refractivity contribution is 5.70. The van der Waals surface area contributed by atoms with Gasteiger partial charge in [-0.2, -0.15) is 0 Å². The molecule has 118 valence electrons. The lowest BCUT2D eigenvalue weighted by atomic mass is 9.94. The molecular weight excluding hydrogens is 256 g/mol. The molecule has 4 nitrogen and oxygen atoms in total. The van der Waals surface area contributed by atoms with Gasteiger partial charge < -0.3 is 9.47 Å². The molecule has 0 aliphatic carbocycles. The first-order valence-electron chi connectivity index (χ1n) is 7.62. The van der Waals surface area contributed by atoms with Crippen LogP contribution in [0.1, 0.15) is 73.6 Å². The molecule has 0 radical (unpaired) electrons. The maximum Gasteiger partial charge on any atom is 0.309 e. The summed E-state index contributed by atoms with van der Waals surface area (Å²) in [5.74, 6) is -1.06. The van der Waals surface area contributed by atoms with Crippen LogP contribution in [0.4, 0.5) is 0 Å². The van der Waals surface area contributed by atoms with Crippen molar-refractivity contribution in [3.63, 3.8) is 0 Å². The van der Waals surface area contributed by atoms with Crippen molar-refractivity contribution in [1.82, 2.24) is 0 Å². The fraction of sp³-hybridized carbons (Fsp3) is 0.875. The van der Waals surface area contributed by atoms with Gasteiger partial charge in [0.15, 0.2) is 0 Å². The second-order valence-corrected chi connectivity index (χ2v) is 6.26. The summed E-state index contributed by atoms with van der Waals surface area (Å²) in [6.45, 7) is 11.5. The van der Waals surface area contributed by atoms with Gasteiger partial charge in [0, 0.05) is 26.2 Å². The van der Waals surface area contributed by atoms with E-state index in [0.29, 0.717) is 25.2 Å². The molecule has 0 aliphatic heterocycles. The van der Waals surface area contributed by atoms with Gasteiger partial charge in [0.1, 0.15) is 0 Å². The van der Waals surface area contributed by atoms with E-state index in [0.717, 1.165) is 12.8 Å². The zero-order valence-electron chi connectivity index (χ0n) is 13.8. The second-order valence-electron chi connectivity index (χ2n) is 6.26. The van der Waals surface area contributed by atoms with Crippen LogP contribution in [0.15, 0.2) is 0 Å². The Kier molecular flexibility index (Phi) is 8.51. The predicted octanol–water partition coefficient (Wildman–Crippen LogP) is 4.07. The molecule has 1 unspecified atom stereocenters. The summed E-state index contributed by atoms with van der Waals surface area (Å²) in [5.41, 5.74) is 0. The highest BCUT2D eigenvalue weighted by Gasteiger charge is 2.38. The molecule has 0 aliphatic rings. The molecule has 0 amide bonds. The van der Waals surface area contributed by atoms with Crippen LogP contribution in [0.2, 0.25) is 0 Å². The summed E-state index contributed by atoms with van der Waals surface area (Å²) in [7, 11) is 0. The van der Waals surface area contributed by atoms with E-state index in [4.69, 9.17) is 9.47 Å². The second kappa shape index (κ2) is 8.98. The Hall–Kier alpha value is -1.06. The minimum absolute atomic E-state index is 0.274. The first kappa shape index (κ1) is 18.9. The Balaban J connectivity index is 5.06. The maximum absolute atomic E-state index is 11.9. The summed E-state index contributed by atoms with van der Waals surface area (Å²) < 4.78 is 11.0. The van der Waals surface area contributed by atoms with Crippen LogP contribution in [0.5, 0.6) is 0 Å². The lowest BCUT2D eigenvalue weighted by Gasteiger charge is -2.34. The van der Waals surface area contributed by atoms with Gasteiger partial charge in [-0.3, -0.25) is 9.59 Å². The topological polar surface area (TPSA) is 52.6 Å². The third-order valence-electron chi connectivity index (χ3n) is 2.91. The third-order valence-corrected chi connectivity index (χ3v) is 2.91. The van der Waals surface area contributed by atoms with Gasteiger partial charge in [-0.05, 0) is 24.7 Å². The summed E-state index contributed by atoms with van der Waals surface area (Å²) in [6.07, 6.45) is 3.01. The van der Waals surface area contributed by atoms with Crippen LogP contribution in [-0.4, -0.2) is 17.7 Å². The van der Waals surface area contributed by atoms with Gasteiger partial charge in [0.25, 0.3) is 5.79 Å². The lowest BCUT2D eigenvalue weighted by Crippen LogP contribution is -2.41. The average molecular weight is 286 g/mol. The van der Waals surface area contributed by atoms with Crippen LogP contribution >= 0.6 is 0 Å². The molecule has 20 heavy (non-hydrogen) atoms. The number of carbonyl (C=O) groups is 2. The largest absolute Gasteiger partial charge is 0.423 e. The summed E-state index contributed by atoms with van der Waals surface area (Å²) in [5, 5.41) is 0. The molecule has 0 N–H and O–H groups in total. The first-order valence-corrected chi connectivity index (χ1v) is 7.62. The molecule has 0 fully saturated rings. The molecule has 0 heterocycles. The molecule has 0 saturated heterocycles. The number of hydrogen-bond acceptors (Lipinski definition) is 4. The van der Waals surface area contributed by atoms with E-state index in [9.17, 15) is 9.59 Å². The van der Waals surface area contributed by atoms with Crippen molar-refractivity contribution >= 4 is 11.9 Å². The standard InChI is InChI=1S/C16H30O4/c1-7-8-15(18)20-16(11-13(4)5,19-14(6)17)10-9-12(2)3/h12-13H,7-11H2,1-6H3. The summed E-state index contributed by atoms with van der Waals surface area (Å²) in [4.78, 5) is 23.3. The van der Waals surface area contributed by atoms with Gasteiger partial charge in [0.05, 0.1) is 0 Å². The number of carbonyl (C=O) groups excluding carboxylic acids is 2. The summed E-state index contributed by atoms with van der Waals surface area (Å²) >= 11 is 0. The number of rotatable bonds is 9. The van der Waals surface area contributed by atoms with E-state index in [2.05, 4.69) is 13.8 Å². The van der Waals surface area contributed by atoms with Gasteiger partial charge in [-0.1, -0.05) is 34.6 Å². The van der Waals surface area contributed by atoms with Gasteiger partial charge >= 0.3 is 11.9 Å². The Morgan fingerprint density at radius 3 is 2.05 bits per heavy atom. The Labute approximate surface area is 123 Å². The van der Waals surface area contributed by atoms with Crippen molar-refractivity contribution in [2.75, 3.05) is 0 Å². The molecular formula is C16H30O4.